The van der Waals surface area contributed by atoms with Crippen molar-refractivity contribution >= 4 is 11.6 Å². The van der Waals surface area contributed by atoms with E-state index in [2.05, 4.69) is 79.6 Å². The third-order valence-electron chi connectivity index (χ3n) is 10.4. The van der Waals surface area contributed by atoms with Crippen LogP contribution in [0.25, 0.3) is 11.1 Å². The Morgan fingerprint density at radius 1 is 0.889 bits per heavy atom. The SMILES string of the molecule is Cc1c(COc2cc(OCc3cncc(C#N)c3)c(CN3CCC(c4nnn[nH]4)C3)cc2Cl)cccc1-c1cccc(OCCCN2CCC(O)C2)c1C. The van der Waals surface area contributed by atoms with Crippen molar-refractivity contribution in [2.75, 3.05) is 39.3 Å². The first-order chi connectivity index (χ1) is 26.3. The number of aliphatic hydroxyl groups is 1. The van der Waals surface area contributed by atoms with Gasteiger partial charge in [0.15, 0.2) is 5.82 Å². The molecule has 0 amide bonds. The number of hydrogen-bond acceptors (Lipinski definition) is 11. The Morgan fingerprint density at radius 3 is 2.50 bits per heavy atom. The molecule has 4 heterocycles. The van der Waals surface area contributed by atoms with Gasteiger partial charge in [-0.25, -0.2) is 5.10 Å². The van der Waals surface area contributed by atoms with E-state index in [4.69, 9.17) is 25.8 Å². The summed E-state index contributed by atoms with van der Waals surface area (Å²) in [5, 5.41) is 34.2. The highest BCUT2D eigenvalue weighted by Crippen LogP contribution is 2.37. The minimum Gasteiger partial charge on any atom is -0.493 e. The fourth-order valence-corrected chi connectivity index (χ4v) is 7.59. The lowest BCUT2D eigenvalue weighted by atomic mass is 9.93. The second-order valence-electron chi connectivity index (χ2n) is 14.1. The molecule has 2 saturated heterocycles. The average Bonchev–Trinajstić information content (AvgIpc) is 3.97. The van der Waals surface area contributed by atoms with Crippen LogP contribution in [0.2, 0.25) is 5.02 Å². The fraction of sp³-hybridized carbons (Fsp3) is 0.390. The van der Waals surface area contributed by atoms with Gasteiger partial charge in [0.05, 0.1) is 23.3 Å². The molecule has 2 unspecified atom stereocenters. The number of nitriles is 1. The van der Waals surface area contributed by atoms with E-state index in [0.717, 1.165) is 103 Å². The van der Waals surface area contributed by atoms with E-state index in [1.165, 1.54) is 6.20 Å². The number of rotatable bonds is 15. The minimum atomic E-state index is -0.203. The van der Waals surface area contributed by atoms with E-state index >= 15 is 0 Å². The number of nitrogens with one attached hydrogen (secondary N) is 1. The van der Waals surface area contributed by atoms with Crippen LogP contribution in [0.3, 0.4) is 0 Å². The first-order valence-electron chi connectivity index (χ1n) is 18.4. The number of hydrogen-bond donors (Lipinski definition) is 2. The lowest BCUT2D eigenvalue weighted by Crippen LogP contribution is -2.24. The maximum atomic E-state index is 9.81. The molecule has 5 aromatic rings. The van der Waals surface area contributed by atoms with Gasteiger partial charge < -0.3 is 24.2 Å². The van der Waals surface area contributed by atoms with E-state index in [0.29, 0.717) is 41.8 Å². The van der Waals surface area contributed by atoms with Crippen LogP contribution < -0.4 is 14.2 Å². The molecule has 2 aliphatic heterocycles. The number of tetrazole rings is 1. The van der Waals surface area contributed by atoms with Crippen molar-refractivity contribution in [3.63, 3.8) is 0 Å². The normalized spacial score (nSPS) is 17.5. The first-order valence-corrected chi connectivity index (χ1v) is 18.8. The van der Waals surface area contributed by atoms with Crippen LogP contribution >= 0.6 is 11.6 Å². The van der Waals surface area contributed by atoms with E-state index in [1.54, 1.807) is 12.3 Å². The summed E-state index contributed by atoms with van der Waals surface area (Å²) in [5.41, 5.74) is 7.68. The number of aromatic amines is 1. The molecule has 54 heavy (non-hydrogen) atoms. The first kappa shape index (κ1) is 37.3. The van der Waals surface area contributed by atoms with Crippen molar-refractivity contribution in [1.29, 1.82) is 5.26 Å². The lowest BCUT2D eigenvalue weighted by molar-refractivity contribution is 0.173. The van der Waals surface area contributed by atoms with Gasteiger partial charge >= 0.3 is 0 Å². The minimum absolute atomic E-state index is 0.203. The summed E-state index contributed by atoms with van der Waals surface area (Å²) in [6.45, 7) is 10.3. The van der Waals surface area contributed by atoms with Gasteiger partial charge in [-0.1, -0.05) is 41.9 Å². The molecule has 280 valence electrons. The number of ether oxygens (including phenoxy) is 3. The second-order valence-corrected chi connectivity index (χ2v) is 14.5. The van der Waals surface area contributed by atoms with Gasteiger partial charge in [0, 0.05) is 68.2 Å². The van der Waals surface area contributed by atoms with Gasteiger partial charge in [-0.3, -0.25) is 9.88 Å². The number of benzene rings is 3. The molecule has 0 radical (unpaired) electrons. The Hall–Kier alpha value is -5.06. The van der Waals surface area contributed by atoms with E-state index in [-0.39, 0.29) is 18.6 Å². The molecule has 2 N–H and O–H groups in total. The van der Waals surface area contributed by atoms with Gasteiger partial charge in [0.2, 0.25) is 0 Å². The second kappa shape index (κ2) is 17.4. The van der Waals surface area contributed by atoms with Crippen LogP contribution in [0.15, 0.2) is 67.0 Å². The van der Waals surface area contributed by atoms with Gasteiger partial charge in [0.25, 0.3) is 0 Å². The number of pyridine rings is 1. The number of aromatic nitrogens is 5. The highest BCUT2D eigenvalue weighted by molar-refractivity contribution is 6.32. The molecule has 3 aromatic carbocycles. The third-order valence-corrected chi connectivity index (χ3v) is 10.7. The summed E-state index contributed by atoms with van der Waals surface area (Å²) in [6, 6.07) is 20.2. The summed E-state index contributed by atoms with van der Waals surface area (Å²) in [4.78, 5) is 8.82. The van der Waals surface area contributed by atoms with E-state index in [1.807, 2.05) is 24.3 Å². The topological polar surface area (TPSA) is 146 Å². The monoisotopic (exact) mass is 748 g/mol. The molecular formula is C41H45ClN8O4. The molecule has 12 nitrogen and oxygen atoms in total. The van der Waals surface area contributed by atoms with Gasteiger partial charge in [-0.15, -0.1) is 5.10 Å². The zero-order chi connectivity index (χ0) is 37.4. The van der Waals surface area contributed by atoms with Crippen molar-refractivity contribution < 1.29 is 19.3 Å². The number of likely N-dealkylation sites (tertiary alicyclic amines) is 2. The molecule has 7 rings (SSSR count). The molecule has 2 aliphatic rings. The molecular weight excluding hydrogens is 704 g/mol. The van der Waals surface area contributed by atoms with Crippen molar-refractivity contribution in [3.05, 3.63) is 111 Å². The van der Waals surface area contributed by atoms with E-state index in [9.17, 15) is 10.4 Å². The largest absolute Gasteiger partial charge is 0.493 e. The Bertz CT molecular complexity index is 2090. The summed E-state index contributed by atoms with van der Waals surface area (Å²) in [6.07, 6.45) is 5.73. The average molecular weight is 749 g/mol. The summed E-state index contributed by atoms with van der Waals surface area (Å²) in [7, 11) is 0. The zero-order valence-electron chi connectivity index (χ0n) is 30.7. The third kappa shape index (κ3) is 9.00. The maximum Gasteiger partial charge on any atom is 0.152 e. The number of aliphatic hydroxyl groups excluding tert-OH is 1. The summed E-state index contributed by atoms with van der Waals surface area (Å²) < 4.78 is 19.1. The predicted octanol–water partition coefficient (Wildman–Crippen LogP) is 6.39. The van der Waals surface area contributed by atoms with Crippen molar-refractivity contribution in [2.24, 2.45) is 0 Å². The molecule has 0 saturated carbocycles. The Morgan fingerprint density at radius 2 is 1.70 bits per heavy atom. The Kier molecular flexibility index (Phi) is 12.0. The zero-order valence-corrected chi connectivity index (χ0v) is 31.4. The van der Waals surface area contributed by atoms with Gasteiger partial charge in [0.1, 0.15) is 36.5 Å². The molecule has 2 aromatic heterocycles. The molecule has 13 heteroatoms. The highest BCUT2D eigenvalue weighted by Gasteiger charge is 2.27. The van der Waals surface area contributed by atoms with Crippen LogP contribution in [-0.2, 0) is 19.8 Å². The van der Waals surface area contributed by atoms with Crippen LogP contribution in [0.4, 0.5) is 0 Å². The fourth-order valence-electron chi connectivity index (χ4n) is 7.35. The number of halogens is 1. The lowest BCUT2D eigenvalue weighted by Gasteiger charge is -2.21. The maximum absolute atomic E-state index is 9.81. The number of β-amino-alcohol motifs (C(OH)–C–C–N with tert-alkyl or cyclic N) is 1. The molecule has 0 aliphatic carbocycles. The summed E-state index contributed by atoms with van der Waals surface area (Å²) >= 11 is 6.92. The number of nitrogens with zero attached hydrogens (tertiary/aromatic N) is 7. The van der Waals surface area contributed by atoms with Gasteiger partial charge in [-0.05, 0) is 96.1 Å². The smallest absolute Gasteiger partial charge is 0.152 e. The van der Waals surface area contributed by atoms with Gasteiger partial charge in [-0.2, -0.15) is 5.26 Å². The Balaban J connectivity index is 1.05. The van der Waals surface area contributed by atoms with Crippen molar-refractivity contribution in [1.82, 2.24) is 35.4 Å². The predicted molar refractivity (Wildman–Crippen MR) is 204 cm³/mol. The van der Waals surface area contributed by atoms with Crippen LogP contribution in [0.1, 0.15) is 64.4 Å². The van der Waals surface area contributed by atoms with Crippen LogP contribution in [0, 0.1) is 25.2 Å². The standard InChI is InChI=1S/C41H45ClN8O4/c1-27-32(6-3-7-35(27)36-8-4-9-38(28(36)2)52-15-5-12-49-14-11-34(51)24-49)26-54-40-18-39(53-25-30-16-29(19-43)20-44-21-30)33(17-37(40)42)23-50-13-10-31(22-50)41-45-47-48-46-41/h3-4,6-9,16-18,20-21,31,34,51H,5,10-15,22-26H2,1-2H3,(H,45,46,47,48). The van der Waals surface area contributed by atoms with Crippen molar-refractivity contribution in [2.45, 2.75) is 64.9 Å². The Labute approximate surface area is 320 Å². The molecule has 2 fully saturated rings. The molecule has 0 spiro atoms. The summed E-state index contributed by atoms with van der Waals surface area (Å²) in [5.74, 6) is 3.07. The van der Waals surface area contributed by atoms with Crippen molar-refractivity contribution in [3.8, 4) is 34.4 Å². The quantitative estimate of drug-likeness (QED) is 0.115. The van der Waals surface area contributed by atoms with Crippen LogP contribution in [0.5, 0.6) is 17.2 Å². The van der Waals surface area contributed by atoms with Crippen LogP contribution in [-0.4, -0.2) is 85.9 Å². The van der Waals surface area contributed by atoms with E-state index < -0.39 is 0 Å². The highest BCUT2D eigenvalue weighted by atomic mass is 35.5. The number of H-pyrrole nitrogens is 1. The molecule has 2 atom stereocenters. The molecule has 0 bridgehead atoms.